The molecule has 3 fully saturated rings. The van der Waals surface area contributed by atoms with E-state index < -0.39 is 17.8 Å². The van der Waals surface area contributed by atoms with Crippen LogP contribution in [0.5, 0.6) is 0 Å². The van der Waals surface area contributed by atoms with Crippen LogP contribution in [0.15, 0.2) is 35.4 Å². The molecular weight excluding hydrogens is 356 g/mol. The summed E-state index contributed by atoms with van der Waals surface area (Å²) in [5, 5.41) is 12.8. The van der Waals surface area contributed by atoms with Crippen molar-refractivity contribution in [3.05, 3.63) is 35.4 Å². The molecule has 6 nitrogen and oxygen atoms in total. The number of aliphatic carboxylic acids is 1. The molecule has 2 bridgehead atoms. The highest BCUT2D eigenvalue weighted by atomic mass is 16.5. The number of rotatable bonds is 4. The van der Waals surface area contributed by atoms with Gasteiger partial charge in [-0.3, -0.25) is 9.59 Å². The van der Waals surface area contributed by atoms with Crippen LogP contribution in [-0.2, 0) is 14.3 Å². The normalized spacial score (nSPS) is 29.1. The lowest BCUT2D eigenvalue weighted by atomic mass is 9.78. The molecule has 2 saturated carbocycles. The van der Waals surface area contributed by atoms with E-state index in [2.05, 4.69) is 10.2 Å². The van der Waals surface area contributed by atoms with E-state index in [4.69, 9.17) is 4.74 Å². The molecule has 4 atom stereocenters. The topological polar surface area (TPSA) is 78.9 Å². The van der Waals surface area contributed by atoms with Gasteiger partial charge in [-0.2, -0.15) is 0 Å². The zero-order valence-electron chi connectivity index (χ0n) is 16.5. The van der Waals surface area contributed by atoms with E-state index in [1.807, 2.05) is 38.1 Å². The maximum atomic E-state index is 13.1. The molecular formula is C22H28N2O4. The van der Waals surface area contributed by atoms with Crippen LogP contribution in [0.25, 0.3) is 0 Å². The molecule has 150 valence electrons. The van der Waals surface area contributed by atoms with E-state index in [9.17, 15) is 14.7 Å². The van der Waals surface area contributed by atoms with E-state index in [0.29, 0.717) is 5.69 Å². The zero-order valence-corrected chi connectivity index (χ0v) is 16.5. The number of benzene rings is 1. The average Bonchev–Trinajstić information content (AvgIpc) is 3.26. The minimum atomic E-state index is -0.853. The number of carboxylic acids is 1. The lowest BCUT2D eigenvalue weighted by Crippen LogP contribution is -2.38. The maximum Gasteiger partial charge on any atom is 0.307 e. The molecule has 1 aliphatic heterocycles. The Kier molecular flexibility index (Phi) is 5.15. The van der Waals surface area contributed by atoms with Crippen molar-refractivity contribution in [3.8, 4) is 0 Å². The van der Waals surface area contributed by atoms with Crippen molar-refractivity contribution in [2.45, 2.75) is 26.7 Å². The summed E-state index contributed by atoms with van der Waals surface area (Å²) >= 11 is 0. The van der Waals surface area contributed by atoms with Crippen LogP contribution < -0.4 is 10.2 Å². The van der Waals surface area contributed by atoms with Crippen LogP contribution in [-0.4, -0.2) is 43.3 Å². The molecule has 0 aromatic heterocycles. The number of morpholine rings is 1. The zero-order chi connectivity index (χ0) is 19.8. The van der Waals surface area contributed by atoms with Gasteiger partial charge in [-0.05, 0) is 62.8 Å². The number of ether oxygens (including phenoxy) is 1. The number of nitrogens with zero attached hydrogens (tertiary/aromatic N) is 1. The number of nitrogens with one attached hydrogen (secondary N) is 1. The Bertz CT molecular complexity index is 791. The Labute approximate surface area is 165 Å². The smallest absolute Gasteiger partial charge is 0.307 e. The first-order valence-electron chi connectivity index (χ1n) is 10.1. The first kappa shape index (κ1) is 19.0. The van der Waals surface area contributed by atoms with E-state index in [1.54, 1.807) is 0 Å². The van der Waals surface area contributed by atoms with E-state index >= 15 is 0 Å². The summed E-state index contributed by atoms with van der Waals surface area (Å²) in [4.78, 5) is 27.2. The van der Waals surface area contributed by atoms with Gasteiger partial charge < -0.3 is 20.1 Å². The number of carboxylic acid groups (broad SMARTS) is 1. The van der Waals surface area contributed by atoms with E-state index in [-0.39, 0.29) is 17.7 Å². The van der Waals surface area contributed by atoms with Crippen molar-refractivity contribution in [1.29, 1.82) is 0 Å². The molecule has 1 aromatic carbocycles. The Hall–Kier alpha value is -2.34. The van der Waals surface area contributed by atoms with Crippen molar-refractivity contribution >= 4 is 23.3 Å². The molecule has 1 amide bonds. The van der Waals surface area contributed by atoms with Gasteiger partial charge in [-0.15, -0.1) is 0 Å². The Morgan fingerprint density at radius 2 is 1.64 bits per heavy atom. The van der Waals surface area contributed by atoms with Crippen LogP contribution in [0.4, 0.5) is 11.4 Å². The van der Waals surface area contributed by atoms with Crippen molar-refractivity contribution in [3.63, 3.8) is 0 Å². The lowest BCUT2D eigenvalue weighted by Gasteiger charge is -2.29. The van der Waals surface area contributed by atoms with Crippen molar-refractivity contribution < 1.29 is 19.4 Å². The van der Waals surface area contributed by atoms with Crippen LogP contribution in [0.1, 0.15) is 26.7 Å². The molecule has 1 heterocycles. The van der Waals surface area contributed by atoms with Crippen LogP contribution in [0.3, 0.4) is 0 Å². The fraction of sp³-hybridized carbons (Fsp3) is 0.545. The lowest BCUT2D eigenvalue weighted by molar-refractivity contribution is -0.148. The number of carbonyl (C=O) groups is 2. The average molecular weight is 384 g/mol. The standard InChI is InChI=1S/C22H28N2O4/c1-13(2)18-16-7-8-17(18)20(22(26)27)19(16)21(25)23-14-3-5-15(6-4-14)24-9-11-28-12-10-24/h3-6,16-17,19-20H,7-12H2,1-2H3,(H,23,25)(H,26,27)/t16-,17+,19+,20-/m0/s1. The Balaban J connectivity index is 1.50. The molecule has 2 aliphatic carbocycles. The van der Waals surface area contributed by atoms with Crippen molar-refractivity contribution in [2.24, 2.45) is 23.7 Å². The molecule has 28 heavy (non-hydrogen) atoms. The quantitative estimate of drug-likeness (QED) is 0.780. The highest BCUT2D eigenvalue weighted by Gasteiger charge is 2.57. The van der Waals surface area contributed by atoms with Crippen LogP contribution in [0, 0.1) is 23.7 Å². The summed E-state index contributed by atoms with van der Waals surface area (Å²) in [5.74, 6) is -2.06. The fourth-order valence-electron chi connectivity index (χ4n) is 5.41. The molecule has 0 spiro atoms. The number of carbonyl (C=O) groups excluding carboxylic acids is 1. The summed E-state index contributed by atoms with van der Waals surface area (Å²) in [5.41, 5.74) is 4.20. The summed E-state index contributed by atoms with van der Waals surface area (Å²) in [6.07, 6.45) is 1.78. The molecule has 1 aromatic rings. The van der Waals surface area contributed by atoms with Gasteiger partial charge >= 0.3 is 5.97 Å². The minimum Gasteiger partial charge on any atom is -0.481 e. The van der Waals surface area contributed by atoms with Crippen molar-refractivity contribution in [2.75, 3.05) is 36.5 Å². The molecule has 6 heteroatoms. The van der Waals surface area contributed by atoms with Gasteiger partial charge in [0.25, 0.3) is 0 Å². The number of hydrogen-bond acceptors (Lipinski definition) is 4. The molecule has 1 saturated heterocycles. The van der Waals surface area contributed by atoms with Gasteiger partial charge in [0.1, 0.15) is 0 Å². The Morgan fingerprint density at radius 1 is 1.04 bits per heavy atom. The summed E-state index contributed by atoms with van der Waals surface area (Å²) in [6.45, 7) is 7.25. The molecule has 3 aliphatic rings. The first-order valence-corrected chi connectivity index (χ1v) is 10.1. The van der Waals surface area contributed by atoms with E-state index in [1.165, 1.54) is 11.1 Å². The Morgan fingerprint density at radius 3 is 2.21 bits per heavy atom. The van der Waals surface area contributed by atoms with E-state index in [0.717, 1.165) is 44.8 Å². The van der Waals surface area contributed by atoms with Gasteiger partial charge in [-0.25, -0.2) is 0 Å². The number of allylic oxidation sites excluding steroid dienone is 2. The second kappa shape index (κ2) is 7.59. The third kappa shape index (κ3) is 3.30. The van der Waals surface area contributed by atoms with Gasteiger partial charge in [-0.1, -0.05) is 11.1 Å². The molecule has 4 rings (SSSR count). The summed E-state index contributed by atoms with van der Waals surface area (Å²) in [7, 11) is 0. The second-order valence-corrected chi connectivity index (χ2v) is 8.27. The van der Waals surface area contributed by atoms with Gasteiger partial charge in [0.2, 0.25) is 5.91 Å². The second-order valence-electron chi connectivity index (χ2n) is 8.27. The third-order valence-corrected chi connectivity index (χ3v) is 6.52. The maximum absolute atomic E-state index is 13.1. The van der Waals surface area contributed by atoms with Crippen molar-refractivity contribution in [1.82, 2.24) is 0 Å². The SMILES string of the molecule is CC(C)=C1[C@H]2CC[C@@H]1[C@@H](C(=O)Nc1ccc(N3CCOCC3)cc1)[C@H]2C(=O)O. The molecule has 0 unspecified atom stereocenters. The highest BCUT2D eigenvalue weighted by Crippen LogP contribution is 2.57. The van der Waals surface area contributed by atoms with Crippen LogP contribution in [0.2, 0.25) is 0 Å². The van der Waals surface area contributed by atoms with Crippen LogP contribution >= 0.6 is 0 Å². The monoisotopic (exact) mass is 384 g/mol. The number of amides is 1. The number of hydrogen-bond donors (Lipinski definition) is 2. The van der Waals surface area contributed by atoms with Gasteiger partial charge in [0.05, 0.1) is 25.0 Å². The third-order valence-electron chi connectivity index (χ3n) is 6.52. The first-order chi connectivity index (χ1) is 13.5. The van der Waals surface area contributed by atoms with Gasteiger partial charge in [0, 0.05) is 24.5 Å². The van der Waals surface area contributed by atoms with Gasteiger partial charge in [0.15, 0.2) is 0 Å². The predicted octanol–water partition coefficient (Wildman–Crippen LogP) is 3.15. The summed E-state index contributed by atoms with van der Waals surface area (Å²) in [6, 6.07) is 7.79. The summed E-state index contributed by atoms with van der Waals surface area (Å²) < 4.78 is 5.38. The number of fused-ring (bicyclic) bond motifs is 2. The predicted molar refractivity (Wildman–Crippen MR) is 107 cm³/mol. The number of anilines is 2. The minimum absolute atomic E-state index is 0.00643. The molecule has 0 radical (unpaired) electrons. The molecule has 2 N–H and O–H groups in total. The largest absolute Gasteiger partial charge is 0.481 e. The highest BCUT2D eigenvalue weighted by molar-refractivity contribution is 5.96. The fourth-order valence-corrected chi connectivity index (χ4v) is 5.41.